The van der Waals surface area contributed by atoms with Crippen LogP contribution in [0.2, 0.25) is 0 Å². The van der Waals surface area contributed by atoms with E-state index in [0.29, 0.717) is 15.3 Å². The van der Waals surface area contributed by atoms with Gasteiger partial charge in [0, 0.05) is 6.07 Å². The van der Waals surface area contributed by atoms with Crippen molar-refractivity contribution >= 4 is 26.7 Å². The highest BCUT2D eigenvalue weighted by atomic mass is 32.1. The Labute approximate surface area is 108 Å². The minimum Gasteiger partial charge on any atom is -0.412 e. The third-order valence-electron chi connectivity index (χ3n) is 1.61. The second-order valence-corrected chi connectivity index (χ2v) is 3.79. The molecule has 0 fully saturated rings. The van der Waals surface area contributed by atoms with Crippen molar-refractivity contribution in [1.29, 1.82) is 0 Å². The van der Waals surface area contributed by atoms with Gasteiger partial charge in [-0.1, -0.05) is 11.3 Å². The number of ether oxygens (including phenoxy) is 1. The second-order valence-electron chi connectivity index (χ2n) is 2.73. The molecule has 1 aromatic carbocycles. The Morgan fingerprint density at radius 3 is 2.21 bits per heavy atom. The Hall–Kier alpha value is -1.66. The van der Waals surface area contributed by atoms with Crippen LogP contribution in [0.3, 0.4) is 0 Å². The molecule has 19 heavy (non-hydrogen) atoms. The van der Waals surface area contributed by atoms with Gasteiger partial charge in [0.25, 0.3) is 0 Å². The maximum atomic E-state index is 11.9. The van der Waals surface area contributed by atoms with Gasteiger partial charge >= 0.3 is 6.36 Å². The summed E-state index contributed by atoms with van der Waals surface area (Å²) in [5.74, 6) is -0.265. The molecule has 0 bridgehead atoms. The molecule has 10 N–H and O–H groups in total. The molecule has 1 aromatic heterocycles. The van der Waals surface area contributed by atoms with E-state index in [1.54, 1.807) is 0 Å². The third-order valence-corrected chi connectivity index (χ3v) is 2.46. The summed E-state index contributed by atoms with van der Waals surface area (Å²) < 4.78 is 40.0. The fraction of sp³-hybridized carbons (Fsp3) is 0.125. The molecule has 0 saturated heterocycles. The lowest BCUT2D eigenvalue weighted by molar-refractivity contribution is -0.274. The van der Waals surface area contributed by atoms with Gasteiger partial charge in [-0.3, -0.25) is 0 Å². The minimum absolute atomic E-state index is 0. The van der Waals surface area contributed by atoms with Crippen molar-refractivity contribution < 1.29 is 39.8 Å². The summed E-state index contributed by atoms with van der Waals surface area (Å²) in [4.78, 5) is 3.91. The van der Waals surface area contributed by atoms with Gasteiger partial charge in [0.1, 0.15) is 5.75 Å². The monoisotopic (exact) mass is 306 g/mol. The predicted octanol–water partition coefficient (Wildman–Crippen LogP) is -0.522. The number of halogens is 3. The summed E-state index contributed by atoms with van der Waals surface area (Å²) in [6, 6.07) is 3.90. The topological polar surface area (TPSA) is 174 Å². The summed E-state index contributed by atoms with van der Waals surface area (Å²) in [5, 5.41) is 0.314. The van der Waals surface area contributed by atoms with Crippen LogP contribution in [0, 0.1) is 0 Å². The van der Waals surface area contributed by atoms with Crippen LogP contribution in [0.5, 0.6) is 5.75 Å². The molecular formula is C8H13F3N2O5S. The number of alkyl halides is 3. The first-order valence-electron chi connectivity index (χ1n) is 3.86. The van der Waals surface area contributed by atoms with Gasteiger partial charge in [0.05, 0.1) is 10.2 Å². The van der Waals surface area contributed by atoms with E-state index < -0.39 is 6.36 Å². The smallest absolute Gasteiger partial charge is 0.412 e. The number of nitrogens with two attached hydrogens (primary N) is 1. The Morgan fingerprint density at radius 2 is 1.68 bits per heavy atom. The van der Waals surface area contributed by atoms with Crippen LogP contribution in [0.4, 0.5) is 18.3 Å². The lowest BCUT2D eigenvalue weighted by Crippen LogP contribution is -2.16. The van der Waals surface area contributed by atoms with E-state index in [0.717, 1.165) is 11.3 Å². The first-order chi connectivity index (χ1) is 6.94. The molecule has 0 atom stereocenters. The van der Waals surface area contributed by atoms with Gasteiger partial charge < -0.3 is 32.4 Å². The zero-order chi connectivity index (χ0) is 11.1. The Kier molecular flexibility index (Phi) is 9.13. The molecule has 1 heterocycles. The van der Waals surface area contributed by atoms with Gasteiger partial charge in [-0.15, -0.1) is 13.2 Å². The zero-order valence-corrected chi connectivity index (χ0v) is 10.0. The maximum Gasteiger partial charge on any atom is 0.573 e. The molecular weight excluding hydrogens is 293 g/mol. The van der Waals surface area contributed by atoms with Crippen molar-refractivity contribution in [3.05, 3.63) is 18.2 Å². The molecule has 0 aliphatic rings. The van der Waals surface area contributed by atoms with Gasteiger partial charge in [0.2, 0.25) is 0 Å². The molecule has 112 valence electrons. The van der Waals surface area contributed by atoms with Crippen LogP contribution in [-0.2, 0) is 0 Å². The van der Waals surface area contributed by atoms with Crippen LogP contribution in [0.15, 0.2) is 18.2 Å². The van der Waals surface area contributed by atoms with Crippen molar-refractivity contribution in [3.63, 3.8) is 0 Å². The summed E-state index contributed by atoms with van der Waals surface area (Å²) in [5.41, 5.74) is 5.97. The van der Waals surface area contributed by atoms with Crippen LogP contribution < -0.4 is 10.5 Å². The molecule has 0 aliphatic carbocycles. The molecule has 2 rings (SSSR count). The fourth-order valence-corrected chi connectivity index (χ4v) is 1.88. The maximum absolute atomic E-state index is 11.9. The molecule has 0 amide bonds. The average Bonchev–Trinajstić information content (AvgIpc) is 2.40. The number of rotatable bonds is 1. The van der Waals surface area contributed by atoms with Gasteiger partial charge in [-0.2, -0.15) is 0 Å². The van der Waals surface area contributed by atoms with Crippen molar-refractivity contribution in [1.82, 2.24) is 4.98 Å². The number of hydrogen-bond acceptors (Lipinski definition) is 4. The molecule has 7 nitrogen and oxygen atoms in total. The van der Waals surface area contributed by atoms with Crippen LogP contribution in [0.1, 0.15) is 0 Å². The molecule has 0 radical (unpaired) electrons. The zero-order valence-electron chi connectivity index (χ0n) is 9.21. The SMILES string of the molecule is Nc1nc2ccc(OC(F)(F)F)cc2s1.O.O.O.O. The van der Waals surface area contributed by atoms with Crippen LogP contribution in [-0.4, -0.2) is 33.3 Å². The van der Waals surface area contributed by atoms with E-state index in [1.807, 2.05) is 0 Å². The number of nitrogen functional groups attached to an aromatic ring is 1. The third kappa shape index (κ3) is 5.67. The quantitative estimate of drug-likeness (QED) is 0.747. The standard InChI is InChI=1S/C8H5F3N2OS.4H2O/c9-8(10,11)14-4-1-2-5-6(3-4)15-7(12)13-5;;;;/h1-3H,(H2,12,13);4*1H2. The number of anilines is 1. The lowest BCUT2D eigenvalue weighted by Gasteiger charge is -2.07. The van der Waals surface area contributed by atoms with Crippen LogP contribution in [0.25, 0.3) is 10.2 Å². The number of hydrogen-bond donors (Lipinski definition) is 1. The number of aromatic nitrogens is 1. The summed E-state index contributed by atoms with van der Waals surface area (Å²) in [6.45, 7) is 0. The highest BCUT2D eigenvalue weighted by Gasteiger charge is 2.31. The summed E-state index contributed by atoms with van der Waals surface area (Å²) >= 11 is 1.11. The van der Waals surface area contributed by atoms with Crippen molar-refractivity contribution in [2.75, 3.05) is 5.73 Å². The highest BCUT2D eigenvalue weighted by molar-refractivity contribution is 7.22. The molecule has 2 aromatic rings. The molecule has 0 aliphatic heterocycles. The van der Waals surface area contributed by atoms with E-state index in [9.17, 15) is 13.2 Å². The number of thiazole rings is 1. The van der Waals surface area contributed by atoms with Gasteiger partial charge in [0.15, 0.2) is 5.13 Å². The molecule has 11 heteroatoms. The number of fused-ring (bicyclic) bond motifs is 1. The van der Waals surface area contributed by atoms with Gasteiger partial charge in [-0.05, 0) is 12.1 Å². The highest BCUT2D eigenvalue weighted by Crippen LogP contribution is 2.30. The Bertz CT molecular complexity index is 505. The fourth-order valence-electron chi connectivity index (χ4n) is 1.12. The minimum atomic E-state index is -4.68. The second kappa shape index (κ2) is 7.70. The summed E-state index contributed by atoms with van der Waals surface area (Å²) in [7, 11) is 0. The number of nitrogens with zero attached hydrogens (tertiary/aromatic N) is 1. The lowest BCUT2D eigenvalue weighted by atomic mass is 10.3. The first kappa shape index (κ1) is 22.5. The molecule has 0 saturated carbocycles. The van der Waals surface area contributed by atoms with E-state index in [1.165, 1.54) is 18.2 Å². The van der Waals surface area contributed by atoms with Crippen LogP contribution >= 0.6 is 11.3 Å². The van der Waals surface area contributed by atoms with E-state index in [4.69, 9.17) is 5.73 Å². The first-order valence-corrected chi connectivity index (χ1v) is 4.67. The normalized spacial score (nSPS) is 9.42. The Balaban J connectivity index is -0.000000640. The summed E-state index contributed by atoms with van der Waals surface area (Å²) in [6.07, 6.45) is -4.68. The van der Waals surface area contributed by atoms with E-state index >= 15 is 0 Å². The molecule has 0 spiro atoms. The van der Waals surface area contributed by atoms with Crippen molar-refractivity contribution in [2.24, 2.45) is 0 Å². The van der Waals surface area contributed by atoms with Crippen molar-refractivity contribution in [2.45, 2.75) is 6.36 Å². The predicted molar refractivity (Wildman–Crippen MR) is 65.2 cm³/mol. The van der Waals surface area contributed by atoms with E-state index in [-0.39, 0.29) is 27.7 Å². The van der Waals surface area contributed by atoms with Crippen molar-refractivity contribution in [3.8, 4) is 5.75 Å². The Morgan fingerprint density at radius 1 is 1.11 bits per heavy atom. The molecule has 0 unspecified atom stereocenters. The largest absolute Gasteiger partial charge is 0.573 e. The average molecular weight is 306 g/mol. The van der Waals surface area contributed by atoms with Gasteiger partial charge in [-0.25, -0.2) is 4.98 Å². The van der Waals surface area contributed by atoms with E-state index in [2.05, 4.69) is 9.72 Å². The number of benzene rings is 1.